The maximum absolute atomic E-state index is 14.1. The lowest BCUT2D eigenvalue weighted by Crippen LogP contribution is -2.49. The minimum atomic E-state index is -0.644. The standard InChI is InChI=1S/C27H24ClF2N3O2/c28-22-10-8-20(9-11-22)26(35-18-23-24(29)2-1-3-25(23)30)17-32-12-14-33(15-13-32)27(34)21-6-4-19(16-31)5-7-21/h1-11,26H,12-15,17-18H2/t26-/m1/s1. The van der Waals surface area contributed by atoms with Gasteiger partial charge in [0.1, 0.15) is 11.6 Å². The van der Waals surface area contributed by atoms with Gasteiger partial charge in [-0.25, -0.2) is 8.78 Å². The second kappa shape index (κ2) is 11.4. The molecule has 4 rings (SSSR count). The number of piperazine rings is 1. The highest BCUT2D eigenvalue weighted by atomic mass is 35.5. The Morgan fingerprint density at radius 1 is 0.971 bits per heavy atom. The minimum absolute atomic E-state index is 0.0744. The Balaban J connectivity index is 1.40. The summed E-state index contributed by atoms with van der Waals surface area (Å²) in [5, 5.41) is 9.52. The van der Waals surface area contributed by atoms with E-state index in [1.807, 2.05) is 18.2 Å². The Hall–Kier alpha value is -3.31. The third-order valence-corrected chi connectivity index (χ3v) is 6.33. The van der Waals surface area contributed by atoms with E-state index < -0.39 is 17.7 Å². The molecular formula is C27H24ClF2N3O2. The summed E-state index contributed by atoms with van der Waals surface area (Å²) >= 11 is 6.03. The normalized spacial score (nSPS) is 15.0. The molecule has 1 heterocycles. The third kappa shape index (κ3) is 6.23. The average Bonchev–Trinajstić information content (AvgIpc) is 2.88. The number of nitriles is 1. The van der Waals surface area contributed by atoms with Crippen molar-refractivity contribution in [2.24, 2.45) is 0 Å². The van der Waals surface area contributed by atoms with Gasteiger partial charge in [-0.1, -0.05) is 29.8 Å². The van der Waals surface area contributed by atoms with Crippen molar-refractivity contribution in [3.8, 4) is 6.07 Å². The molecule has 0 N–H and O–H groups in total. The van der Waals surface area contributed by atoms with Gasteiger partial charge in [0.25, 0.3) is 5.91 Å². The molecule has 0 bridgehead atoms. The molecular weight excluding hydrogens is 472 g/mol. The van der Waals surface area contributed by atoms with Gasteiger partial charge < -0.3 is 9.64 Å². The van der Waals surface area contributed by atoms with Crippen LogP contribution in [0.15, 0.2) is 66.7 Å². The number of carbonyl (C=O) groups is 1. The van der Waals surface area contributed by atoms with E-state index in [1.165, 1.54) is 18.2 Å². The highest BCUT2D eigenvalue weighted by Crippen LogP contribution is 2.25. The largest absolute Gasteiger partial charge is 0.367 e. The fourth-order valence-electron chi connectivity index (χ4n) is 4.02. The summed E-state index contributed by atoms with van der Waals surface area (Å²) in [4.78, 5) is 16.8. The molecule has 5 nitrogen and oxygen atoms in total. The Labute approximate surface area is 208 Å². The van der Waals surface area contributed by atoms with Crippen LogP contribution in [0.2, 0.25) is 5.02 Å². The summed E-state index contributed by atoms with van der Waals surface area (Å²) in [7, 11) is 0. The van der Waals surface area contributed by atoms with E-state index in [0.717, 1.165) is 5.56 Å². The van der Waals surface area contributed by atoms with Crippen LogP contribution >= 0.6 is 11.6 Å². The number of benzene rings is 3. The summed E-state index contributed by atoms with van der Waals surface area (Å²) in [6.45, 7) is 2.62. The maximum Gasteiger partial charge on any atom is 0.253 e. The average molecular weight is 496 g/mol. The number of halogens is 3. The van der Waals surface area contributed by atoms with Crippen LogP contribution in [-0.4, -0.2) is 48.4 Å². The quantitative estimate of drug-likeness (QED) is 0.452. The van der Waals surface area contributed by atoms with Gasteiger partial charge in [0.05, 0.1) is 24.3 Å². The first-order valence-corrected chi connectivity index (χ1v) is 11.6. The van der Waals surface area contributed by atoms with Gasteiger partial charge in [-0.05, 0) is 54.1 Å². The molecule has 3 aromatic rings. The Kier molecular flexibility index (Phi) is 8.09. The first-order valence-electron chi connectivity index (χ1n) is 11.3. The summed E-state index contributed by atoms with van der Waals surface area (Å²) in [5.41, 5.74) is 1.80. The van der Waals surface area contributed by atoms with Crippen LogP contribution in [0.3, 0.4) is 0 Å². The van der Waals surface area contributed by atoms with Crippen LogP contribution in [0.25, 0.3) is 0 Å². The number of hydrogen-bond acceptors (Lipinski definition) is 4. The van der Waals surface area contributed by atoms with E-state index in [-0.39, 0.29) is 18.1 Å². The van der Waals surface area contributed by atoms with Crippen LogP contribution < -0.4 is 0 Å². The highest BCUT2D eigenvalue weighted by Gasteiger charge is 2.25. The minimum Gasteiger partial charge on any atom is -0.367 e. The third-order valence-electron chi connectivity index (χ3n) is 6.08. The molecule has 1 aliphatic heterocycles. The van der Waals surface area contributed by atoms with E-state index in [9.17, 15) is 13.6 Å². The van der Waals surface area contributed by atoms with Gasteiger partial charge in [-0.15, -0.1) is 0 Å². The smallest absolute Gasteiger partial charge is 0.253 e. The van der Waals surface area contributed by atoms with Crippen molar-refractivity contribution < 1.29 is 18.3 Å². The van der Waals surface area contributed by atoms with Gasteiger partial charge in [0.2, 0.25) is 0 Å². The zero-order valence-corrected chi connectivity index (χ0v) is 19.7. The lowest BCUT2D eigenvalue weighted by Gasteiger charge is -2.36. The first-order chi connectivity index (χ1) is 16.9. The molecule has 1 fully saturated rings. The van der Waals surface area contributed by atoms with Crippen LogP contribution in [0.5, 0.6) is 0 Å². The second-order valence-corrected chi connectivity index (χ2v) is 8.77. The van der Waals surface area contributed by atoms with Gasteiger partial charge in [-0.3, -0.25) is 9.69 Å². The van der Waals surface area contributed by atoms with Crippen molar-refractivity contribution in [3.05, 3.63) is 106 Å². The number of rotatable bonds is 7. The molecule has 1 saturated heterocycles. The Morgan fingerprint density at radius 2 is 1.60 bits per heavy atom. The molecule has 1 amide bonds. The fourth-order valence-corrected chi connectivity index (χ4v) is 4.15. The number of nitrogens with zero attached hydrogens (tertiary/aromatic N) is 3. The maximum atomic E-state index is 14.1. The van der Waals surface area contributed by atoms with Crippen LogP contribution in [-0.2, 0) is 11.3 Å². The van der Waals surface area contributed by atoms with Gasteiger partial charge in [0.15, 0.2) is 0 Å². The van der Waals surface area contributed by atoms with Crippen molar-refractivity contribution in [1.29, 1.82) is 5.26 Å². The van der Waals surface area contributed by atoms with Crippen LogP contribution in [0, 0.1) is 23.0 Å². The van der Waals surface area contributed by atoms with Crippen LogP contribution in [0.4, 0.5) is 8.78 Å². The predicted octanol–water partition coefficient (Wildman–Crippen LogP) is 5.21. The summed E-state index contributed by atoms with van der Waals surface area (Å²) in [6.07, 6.45) is -0.438. The molecule has 0 saturated carbocycles. The molecule has 0 aliphatic carbocycles. The van der Waals surface area contributed by atoms with Gasteiger partial charge >= 0.3 is 0 Å². The lowest BCUT2D eigenvalue weighted by atomic mass is 10.1. The predicted molar refractivity (Wildman–Crippen MR) is 129 cm³/mol. The topological polar surface area (TPSA) is 56.6 Å². The van der Waals surface area contributed by atoms with Crippen molar-refractivity contribution in [2.45, 2.75) is 12.7 Å². The van der Waals surface area contributed by atoms with E-state index in [2.05, 4.69) is 4.90 Å². The van der Waals surface area contributed by atoms with E-state index in [1.54, 1.807) is 41.3 Å². The number of carbonyl (C=O) groups excluding carboxylic acids is 1. The van der Waals surface area contributed by atoms with E-state index in [0.29, 0.717) is 48.9 Å². The van der Waals surface area contributed by atoms with E-state index >= 15 is 0 Å². The first kappa shape index (κ1) is 24.8. The molecule has 180 valence electrons. The van der Waals surface area contributed by atoms with Gasteiger partial charge in [-0.2, -0.15) is 5.26 Å². The van der Waals surface area contributed by atoms with Crippen molar-refractivity contribution in [2.75, 3.05) is 32.7 Å². The van der Waals surface area contributed by atoms with Crippen molar-refractivity contribution in [3.63, 3.8) is 0 Å². The van der Waals surface area contributed by atoms with Crippen LogP contribution in [0.1, 0.15) is 33.2 Å². The Morgan fingerprint density at radius 3 is 2.20 bits per heavy atom. The molecule has 8 heteroatoms. The molecule has 0 unspecified atom stereocenters. The zero-order chi connectivity index (χ0) is 24.8. The van der Waals surface area contributed by atoms with E-state index in [4.69, 9.17) is 21.6 Å². The lowest BCUT2D eigenvalue weighted by molar-refractivity contribution is 0.00145. The fraction of sp³-hybridized carbons (Fsp3) is 0.259. The SMILES string of the molecule is N#Cc1ccc(C(=O)N2CCN(C[C@@H](OCc3c(F)cccc3F)c3ccc(Cl)cc3)CC2)cc1. The number of amides is 1. The summed E-state index contributed by atoms with van der Waals surface area (Å²) in [6, 6.07) is 19.6. The summed E-state index contributed by atoms with van der Waals surface area (Å²) in [5.74, 6) is -1.36. The molecule has 0 aromatic heterocycles. The molecule has 1 aliphatic rings. The van der Waals surface area contributed by atoms with Gasteiger partial charge in [0, 0.05) is 48.9 Å². The second-order valence-electron chi connectivity index (χ2n) is 8.33. The Bertz CT molecular complexity index is 1180. The monoisotopic (exact) mass is 495 g/mol. The number of hydrogen-bond donors (Lipinski definition) is 0. The molecule has 35 heavy (non-hydrogen) atoms. The zero-order valence-electron chi connectivity index (χ0n) is 19.0. The molecule has 0 radical (unpaired) electrons. The van der Waals surface area contributed by atoms with Crippen molar-refractivity contribution >= 4 is 17.5 Å². The molecule has 1 atom stereocenters. The summed E-state index contributed by atoms with van der Waals surface area (Å²) < 4.78 is 34.2. The molecule has 0 spiro atoms. The molecule has 3 aromatic carbocycles. The highest BCUT2D eigenvalue weighted by molar-refractivity contribution is 6.30. The van der Waals surface area contributed by atoms with Crippen molar-refractivity contribution in [1.82, 2.24) is 9.80 Å². The number of ether oxygens (including phenoxy) is 1.